The maximum atomic E-state index is 12.7. The summed E-state index contributed by atoms with van der Waals surface area (Å²) in [6, 6.07) is 10.5. The molecule has 0 N–H and O–H groups in total. The van der Waals surface area contributed by atoms with Crippen molar-refractivity contribution >= 4 is 16.9 Å². The number of benzene rings is 1. The van der Waals surface area contributed by atoms with E-state index in [0.29, 0.717) is 5.92 Å². The highest BCUT2D eigenvalue weighted by molar-refractivity contribution is 5.81. The summed E-state index contributed by atoms with van der Waals surface area (Å²) in [5.41, 5.74) is 3.16. The van der Waals surface area contributed by atoms with E-state index in [1.54, 1.807) is 0 Å². The van der Waals surface area contributed by atoms with Gasteiger partial charge in [-0.2, -0.15) is 0 Å². The molecule has 1 saturated carbocycles. The molecule has 4 rings (SSSR count). The summed E-state index contributed by atoms with van der Waals surface area (Å²) in [7, 11) is 1.53. The van der Waals surface area contributed by atoms with Crippen LogP contribution in [0.3, 0.4) is 0 Å². The van der Waals surface area contributed by atoms with Gasteiger partial charge < -0.3 is 4.74 Å². The minimum atomic E-state index is -0.331. The molecule has 3 nitrogen and oxygen atoms in total. The van der Waals surface area contributed by atoms with Gasteiger partial charge >= 0.3 is 5.97 Å². The highest BCUT2D eigenvalue weighted by Crippen LogP contribution is 2.48. The van der Waals surface area contributed by atoms with Crippen molar-refractivity contribution in [1.82, 2.24) is 4.98 Å². The highest BCUT2D eigenvalue weighted by atomic mass is 16.5. The van der Waals surface area contributed by atoms with Crippen molar-refractivity contribution in [3.05, 3.63) is 41.6 Å². The van der Waals surface area contributed by atoms with Crippen molar-refractivity contribution in [3.8, 4) is 0 Å². The van der Waals surface area contributed by atoms with Crippen LogP contribution in [0.5, 0.6) is 0 Å². The van der Waals surface area contributed by atoms with Crippen molar-refractivity contribution in [1.29, 1.82) is 0 Å². The molecule has 0 bridgehead atoms. The van der Waals surface area contributed by atoms with Crippen LogP contribution in [0.25, 0.3) is 10.9 Å². The predicted octanol–water partition coefficient (Wildman–Crippen LogP) is 4.07. The van der Waals surface area contributed by atoms with E-state index in [2.05, 4.69) is 18.2 Å². The zero-order chi connectivity index (χ0) is 15.9. The standard InChI is InChI=1S/C20H23NO2/c1-23-19(22)20-10-6-2-3-8-16(20)12-18-15(13-20)11-14-7-4-5-9-17(14)21-18/h4-5,7,9,11,16H,2-3,6,8,10,12-13H2,1H3/t16-,20+/m0/s1. The first-order chi connectivity index (χ1) is 11.2. The number of pyridine rings is 1. The quantitative estimate of drug-likeness (QED) is 0.745. The SMILES string of the molecule is COC(=O)[C@@]12CCCCC[C@H]1Cc1nc3ccccc3cc1C2. The first kappa shape index (κ1) is 14.7. The van der Waals surface area contributed by atoms with E-state index in [1.807, 2.05) is 12.1 Å². The van der Waals surface area contributed by atoms with Gasteiger partial charge in [0.15, 0.2) is 0 Å². The molecule has 1 fully saturated rings. The molecule has 120 valence electrons. The zero-order valence-electron chi connectivity index (χ0n) is 13.7. The summed E-state index contributed by atoms with van der Waals surface area (Å²) < 4.78 is 5.25. The number of fused-ring (bicyclic) bond motifs is 3. The Kier molecular flexibility index (Phi) is 3.59. The molecular formula is C20H23NO2. The van der Waals surface area contributed by atoms with E-state index < -0.39 is 0 Å². The monoisotopic (exact) mass is 309 g/mol. The van der Waals surface area contributed by atoms with Crippen LogP contribution in [0.15, 0.2) is 30.3 Å². The average Bonchev–Trinajstić information content (AvgIpc) is 2.79. The number of carbonyl (C=O) groups excluding carboxylic acids is 1. The number of para-hydroxylation sites is 1. The van der Waals surface area contributed by atoms with Gasteiger partial charge in [0.1, 0.15) is 0 Å². The van der Waals surface area contributed by atoms with E-state index in [1.165, 1.54) is 36.6 Å². The molecule has 0 saturated heterocycles. The van der Waals surface area contributed by atoms with Gasteiger partial charge in [-0.25, -0.2) is 0 Å². The molecule has 0 spiro atoms. The first-order valence-corrected chi connectivity index (χ1v) is 8.69. The minimum absolute atomic E-state index is 0.0109. The molecule has 2 aliphatic carbocycles. The molecule has 2 atom stereocenters. The number of hydrogen-bond donors (Lipinski definition) is 0. The van der Waals surface area contributed by atoms with Gasteiger partial charge in [-0.15, -0.1) is 0 Å². The maximum absolute atomic E-state index is 12.7. The highest BCUT2D eigenvalue weighted by Gasteiger charge is 2.49. The second kappa shape index (κ2) is 5.63. The second-order valence-electron chi connectivity index (χ2n) is 7.11. The van der Waals surface area contributed by atoms with E-state index in [0.717, 1.165) is 37.6 Å². The molecule has 2 aliphatic rings. The van der Waals surface area contributed by atoms with Crippen LogP contribution >= 0.6 is 0 Å². The van der Waals surface area contributed by atoms with Crippen molar-refractivity contribution in [2.75, 3.05) is 7.11 Å². The molecule has 3 heteroatoms. The molecule has 1 heterocycles. The smallest absolute Gasteiger partial charge is 0.312 e. The van der Waals surface area contributed by atoms with Gasteiger partial charge in [-0.1, -0.05) is 37.5 Å². The fourth-order valence-corrected chi connectivity index (χ4v) is 4.67. The molecule has 1 aromatic heterocycles. The average molecular weight is 309 g/mol. The number of carbonyl (C=O) groups is 1. The van der Waals surface area contributed by atoms with Crippen molar-refractivity contribution in [2.45, 2.75) is 44.9 Å². The minimum Gasteiger partial charge on any atom is -0.469 e. The molecule has 0 unspecified atom stereocenters. The molecule has 0 aliphatic heterocycles. The molecule has 0 amide bonds. The lowest BCUT2D eigenvalue weighted by atomic mass is 9.63. The Morgan fingerprint density at radius 2 is 2.13 bits per heavy atom. The third-order valence-electron chi connectivity index (χ3n) is 5.89. The summed E-state index contributed by atoms with van der Waals surface area (Å²) >= 11 is 0. The van der Waals surface area contributed by atoms with E-state index in [-0.39, 0.29) is 11.4 Å². The summed E-state index contributed by atoms with van der Waals surface area (Å²) in [6.45, 7) is 0. The second-order valence-corrected chi connectivity index (χ2v) is 7.11. The lowest BCUT2D eigenvalue weighted by molar-refractivity contribution is -0.157. The zero-order valence-corrected chi connectivity index (χ0v) is 13.7. The number of esters is 1. The van der Waals surface area contributed by atoms with Gasteiger partial charge in [0.2, 0.25) is 0 Å². The van der Waals surface area contributed by atoms with Crippen LogP contribution < -0.4 is 0 Å². The Morgan fingerprint density at radius 3 is 3.00 bits per heavy atom. The Bertz CT molecular complexity index is 754. The number of methoxy groups -OCH3 is 1. The Labute approximate surface area is 137 Å². The van der Waals surface area contributed by atoms with Gasteiger partial charge in [0, 0.05) is 11.1 Å². The van der Waals surface area contributed by atoms with E-state index in [4.69, 9.17) is 9.72 Å². The van der Waals surface area contributed by atoms with Crippen LogP contribution in [0.1, 0.15) is 43.4 Å². The summed E-state index contributed by atoms with van der Waals surface area (Å²) in [4.78, 5) is 17.6. The number of nitrogens with zero attached hydrogens (tertiary/aromatic N) is 1. The third kappa shape index (κ3) is 2.34. The predicted molar refractivity (Wildman–Crippen MR) is 90.2 cm³/mol. The lowest BCUT2D eigenvalue weighted by Gasteiger charge is -2.41. The topological polar surface area (TPSA) is 39.2 Å². The Morgan fingerprint density at radius 1 is 1.26 bits per heavy atom. The Balaban J connectivity index is 1.83. The number of ether oxygens (including phenoxy) is 1. The fourth-order valence-electron chi connectivity index (χ4n) is 4.67. The number of rotatable bonds is 1. The molecule has 1 aromatic carbocycles. The maximum Gasteiger partial charge on any atom is 0.312 e. The van der Waals surface area contributed by atoms with Crippen LogP contribution in [-0.2, 0) is 22.4 Å². The van der Waals surface area contributed by atoms with E-state index in [9.17, 15) is 4.79 Å². The van der Waals surface area contributed by atoms with E-state index >= 15 is 0 Å². The van der Waals surface area contributed by atoms with Crippen LogP contribution in [0.4, 0.5) is 0 Å². The normalized spacial score (nSPS) is 26.9. The third-order valence-corrected chi connectivity index (χ3v) is 5.89. The lowest BCUT2D eigenvalue weighted by Crippen LogP contribution is -2.45. The summed E-state index contributed by atoms with van der Waals surface area (Å²) in [5, 5.41) is 1.17. The molecule has 0 radical (unpaired) electrons. The summed E-state index contributed by atoms with van der Waals surface area (Å²) in [6.07, 6.45) is 7.34. The first-order valence-electron chi connectivity index (χ1n) is 8.69. The number of aromatic nitrogens is 1. The van der Waals surface area contributed by atoms with Crippen molar-refractivity contribution < 1.29 is 9.53 Å². The largest absolute Gasteiger partial charge is 0.469 e. The molecule has 2 aromatic rings. The van der Waals surface area contributed by atoms with Gasteiger partial charge in [0.25, 0.3) is 0 Å². The van der Waals surface area contributed by atoms with Gasteiger partial charge in [-0.3, -0.25) is 9.78 Å². The van der Waals surface area contributed by atoms with Crippen LogP contribution in [-0.4, -0.2) is 18.1 Å². The van der Waals surface area contributed by atoms with Crippen molar-refractivity contribution in [3.63, 3.8) is 0 Å². The number of hydrogen-bond acceptors (Lipinski definition) is 3. The van der Waals surface area contributed by atoms with Crippen molar-refractivity contribution in [2.24, 2.45) is 11.3 Å². The van der Waals surface area contributed by atoms with Crippen LogP contribution in [0, 0.1) is 11.3 Å². The molecular weight excluding hydrogens is 286 g/mol. The Hall–Kier alpha value is -1.90. The van der Waals surface area contributed by atoms with Gasteiger partial charge in [0.05, 0.1) is 18.0 Å². The van der Waals surface area contributed by atoms with Crippen LogP contribution in [0.2, 0.25) is 0 Å². The summed E-state index contributed by atoms with van der Waals surface area (Å²) in [5.74, 6) is 0.363. The molecule has 23 heavy (non-hydrogen) atoms. The van der Waals surface area contributed by atoms with Gasteiger partial charge in [-0.05, 0) is 49.3 Å². The fraction of sp³-hybridized carbons (Fsp3) is 0.500.